The van der Waals surface area contributed by atoms with Crippen molar-refractivity contribution in [1.82, 2.24) is 14.8 Å². The van der Waals surface area contributed by atoms with Crippen LogP contribution in [0.15, 0.2) is 42.7 Å². The highest BCUT2D eigenvalue weighted by molar-refractivity contribution is 6.11. The van der Waals surface area contributed by atoms with E-state index < -0.39 is 11.7 Å². The summed E-state index contributed by atoms with van der Waals surface area (Å²) in [6.07, 6.45) is 3.43. The highest BCUT2D eigenvalue weighted by Gasteiger charge is 2.49. The summed E-state index contributed by atoms with van der Waals surface area (Å²) in [5, 5.41) is 8.36. The van der Waals surface area contributed by atoms with Crippen molar-refractivity contribution in [1.29, 1.82) is 0 Å². The van der Waals surface area contributed by atoms with Gasteiger partial charge in [0.1, 0.15) is 12.2 Å². The van der Waals surface area contributed by atoms with Crippen molar-refractivity contribution < 1.29 is 27.4 Å². The number of halogens is 3. The van der Waals surface area contributed by atoms with Crippen molar-refractivity contribution in [2.24, 2.45) is 24.3 Å². The average Bonchev–Trinajstić information content (AvgIpc) is 3.56. The molecule has 8 nitrogen and oxygen atoms in total. The summed E-state index contributed by atoms with van der Waals surface area (Å²) in [5.74, 6) is 1.37. The van der Waals surface area contributed by atoms with Crippen LogP contribution in [0.3, 0.4) is 0 Å². The Morgan fingerprint density at radius 3 is 2.37 bits per heavy atom. The molecule has 4 aliphatic rings. The van der Waals surface area contributed by atoms with E-state index >= 15 is 0 Å². The van der Waals surface area contributed by atoms with Crippen molar-refractivity contribution >= 4 is 17.3 Å². The van der Waals surface area contributed by atoms with Crippen LogP contribution in [-0.4, -0.2) is 54.3 Å². The number of ether oxygens (including phenoxy) is 2. The third-order valence-electron chi connectivity index (χ3n) is 11.2. The molecule has 2 aliphatic carbocycles. The summed E-state index contributed by atoms with van der Waals surface area (Å²) in [6.45, 7) is 3.49. The summed E-state index contributed by atoms with van der Waals surface area (Å²) >= 11 is 0. The Labute approximate surface area is 267 Å². The smallest absolute Gasteiger partial charge is 0.370 e. The molecule has 0 N–H and O–H groups in total. The summed E-state index contributed by atoms with van der Waals surface area (Å²) in [5.41, 5.74) is 1.58. The van der Waals surface area contributed by atoms with E-state index in [1.165, 1.54) is 11.0 Å². The Morgan fingerprint density at radius 1 is 1.04 bits per heavy atom. The van der Waals surface area contributed by atoms with E-state index in [0.29, 0.717) is 42.7 Å². The van der Waals surface area contributed by atoms with Crippen LogP contribution in [0.25, 0.3) is 0 Å². The second-order valence-corrected chi connectivity index (χ2v) is 14.3. The third kappa shape index (κ3) is 5.29. The average molecular weight is 638 g/mol. The zero-order valence-electron chi connectivity index (χ0n) is 26.9. The van der Waals surface area contributed by atoms with Crippen LogP contribution >= 0.6 is 0 Å². The highest BCUT2D eigenvalue weighted by Crippen LogP contribution is 2.52. The summed E-state index contributed by atoms with van der Waals surface area (Å²) in [4.78, 5) is 17.4. The van der Waals surface area contributed by atoms with E-state index in [1.54, 1.807) is 26.6 Å². The van der Waals surface area contributed by atoms with Gasteiger partial charge in [0.25, 0.3) is 5.91 Å². The zero-order chi connectivity index (χ0) is 32.4. The number of carbonyl (C=O) groups excluding carboxylic acids is 1. The molecule has 0 atom stereocenters. The first-order valence-corrected chi connectivity index (χ1v) is 16.2. The fourth-order valence-corrected chi connectivity index (χ4v) is 8.84. The van der Waals surface area contributed by atoms with E-state index in [1.807, 2.05) is 34.7 Å². The summed E-state index contributed by atoms with van der Waals surface area (Å²) < 4.78 is 56.5. The summed E-state index contributed by atoms with van der Waals surface area (Å²) in [7, 11) is 5.24. The molecule has 2 aromatic carbocycles. The Kier molecular flexibility index (Phi) is 7.70. The van der Waals surface area contributed by atoms with Gasteiger partial charge in [-0.25, -0.2) is 0 Å². The number of methoxy groups -OCH3 is 2. The molecule has 246 valence electrons. The van der Waals surface area contributed by atoms with Gasteiger partial charge >= 0.3 is 6.18 Å². The third-order valence-corrected chi connectivity index (χ3v) is 11.2. The maximum Gasteiger partial charge on any atom is 0.416 e. The SMILES string of the molecule is COC(OC)C1CCC2(CC1)CN(c1cc3c(c(C(F)(F)F)c1)CN(c1cccc([C@]4(Cc5nncn5C)C[C@@H](C)C4)c1)C3=O)C2. The number of aromatic nitrogens is 3. The lowest BCUT2D eigenvalue weighted by atomic mass is 9.57. The number of fused-ring (bicyclic) bond motifs is 1. The van der Waals surface area contributed by atoms with E-state index in [4.69, 9.17) is 9.47 Å². The number of alkyl halides is 3. The minimum absolute atomic E-state index is 0.0543. The normalized spacial score (nSPS) is 24.4. The first kappa shape index (κ1) is 31.2. The van der Waals surface area contributed by atoms with Crippen LogP contribution in [0.5, 0.6) is 0 Å². The van der Waals surface area contributed by atoms with E-state index in [2.05, 4.69) is 23.2 Å². The first-order valence-electron chi connectivity index (χ1n) is 16.2. The molecule has 1 spiro atoms. The molecule has 7 rings (SSSR count). The maximum absolute atomic E-state index is 14.5. The monoisotopic (exact) mass is 637 g/mol. The number of aryl methyl sites for hydroxylation is 1. The van der Waals surface area contributed by atoms with Crippen LogP contribution in [0.4, 0.5) is 24.5 Å². The predicted octanol–water partition coefficient (Wildman–Crippen LogP) is 6.52. The molecular formula is C35H42F3N5O3. The molecule has 3 heterocycles. The molecule has 0 unspecified atom stereocenters. The number of hydrogen-bond donors (Lipinski definition) is 0. The van der Waals surface area contributed by atoms with Gasteiger partial charge in [0.05, 0.1) is 12.1 Å². The molecule has 0 bridgehead atoms. The molecule has 1 amide bonds. The maximum atomic E-state index is 14.5. The van der Waals surface area contributed by atoms with E-state index in [0.717, 1.165) is 49.9 Å². The van der Waals surface area contributed by atoms with Gasteiger partial charge < -0.3 is 23.8 Å². The fraction of sp³-hybridized carbons (Fsp3) is 0.571. The summed E-state index contributed by atoms with van der Waals surface area (Å²) in [6, 6.07) is 10.7. The molecule has 46 heavy (non-hydrogen) atoms. The van der Waals surface area contributed by atoms with Gasteiger partial charge in [-0.2, -0.15) is 13.2 Å². The Balaban J connectivity index is 1.13. The van der Waals surface area contributed by atoms with Crippen molar-refractivity contribution in [2.45, 2.75) is 76.3 Å². The number of nitrogens with zero attached hydrogens (tertiary/aromatic N) is 5. The molecule has 1 aromatic heterocycles. The molecule has 2 saturated carbocycles. The van der Waals surface area contributed by atoms with Gasteiger partial charge in [-0.05, 0) is 79.8 Å². The zero-order valence-corrected chi connectivity index (χ0v) is 26.9. The van der Waals surface area contributed by atoms with E-state index in [-0.39, 0.29) is 40.7 Å². The van der Waals surface area contributed by atoms with E-state index in [9.17, 15) is 18.0 Å². The molecular weight excluding hydrogens is 595 g/mol. The molecule has 11 heteroatoms. The van der Waals surface area contributed by atoms with Gasteiger partial charge in [0.2, 0.25) is 0 Å². The number of carbonyl (C=O) groups is 1. The van der Waals surface area contributed by atoms with Gasteiger partial charge in [-0.3, -0.25) is 4.79 Å². The van der Waals surface area contributed by atoms with Gasteiger partial charge in [0.15, 0.2) is 6.29 Å². The molecule has 3 fully saturated rings. The van der Waals surface area contributed by atoms with Gasteiger partial charge in [-0.1, -0.05) is 19.1 Å². The number of benzene rings is 2. The molecule has 2 aliphatic heterocycles. The van der Waals surface area contributed by atoms with Crippen molar-refractivity contribution in [3.05, 3.63) is 70.8 Å². The minimum atomic E-state index is -4.57. The fourth-order valence-electron chi connectivity index (χ4n) is 8.84. The number of rotatable bonds is 8. The first-order chi connectivity index (χ1) is 21.9. The second-order valence-electron chi connectivity index (χ2n) is 14.3. The lowest BCUT2D eigenvalue weighted by Crippen LogP contribution is -2.58. The molecule has 0 radical (unpaired) electrons. The van der Waals surface area contributed by atoms with Gasteiger partial charge in [0, 0.05) is 74.5 Å². The van der Waals surface area contributed by atoms with Crippen molar-refractivity contribution in [3.8, 4) is 0 Å². The molecule has 1 saturated heterocycles. The lowest BCUT2D eigenvalue weighted by Gasteiger charge is -2.55. The lowest BCUT2D eigenvalue weighted by molar-refractivity contribution is -0.150. The Morgan fingerprint density at radius 2 is 1.76 bits per heavy atom. The Bertz CT molecular complexity index is 1610. The quantitative estimate of drug-likeness (QED) is 0.262. The number of amides is 1. The number of anilines is 2. The number of hydrogen-bond acceptors (Lipinski definition) is 6. The van der Waals surface area contributed by atoms with Crippen LogP contribution in [0, 0.1) is 17.3 Å². The predicted molar refractivity (Wildman–Crippen MR) is 168 cm³/mol. The van der Waals surface area contributed by atoms with Crippen LogP contribution in [-0.2, 0) is 41.1 Å². The van der Waals surface area contributed by atoms with Crippen LogP contribution < -0.4 is 9.80 Å². The van der Waals surface area contributed by atoms with Crippen molar-refractivity contribution in [3.63, 3.8) is 0 Å². The minimum Gasteiger partial charge on any atom is -0.370 e. The molecule has 3 aromatic rings. The highest BCUT2D eigenvalue weighted by atomic mass is 19.4. The van der Waals surface area contributed by atoms with Gasteiger partial charge in [-0.15, -0.1) is 10.2 Å². The topological polar surface area (TPSA) is 72.7 Å². The van der Waals surface area contributed by atoms with Crippen LogP contribution in [0.1, 0.15) is 78.3 Å². The van der Waals surface area contributed by atoms with Crippen LogP contribution in [0.2, 0.25) is 0 Å². The largest absolute Gasteiger partial charge is 0.416 e. The standard InChI is InChI=1S/C35H42F3N5O3/c1-22-15-34(16-22,17-30-40-39-21-41(30)2)24-6-5-7-25(12-24)43-18-28-27(31(43)44)13-26(14-29(28)35(36,37)38)42-19-33(20-42)10-8-23(9-11-33)32(45-3)46-4/h5-7,12-14,21-23,32H,8-11,15-20H2,1-4H3/t22-,34-. The second kappa shape index (κ2) is 11.4. The van der Waals surface area contributed by atoms with Crippen molar-refractivity contribution in [2.75, 3.05) is 37.1 Å². The Hall–Kier alpha value is -3.44.